The Labute approximate surface area is 158 Å². The van der Waals surface area contributed by atoms with E-state index in [0.29, 0.717) is 21.6 Å². The van der Waals surface area contributed by atoms with Crippen molar-refractivity contribution in [2.75, 3.05) is 24.3 Å². The number of anilines is 2. The van der Waals surface area contributed by atoms with Crippen LogP contribution in [0.2, 0.25) is 5.02 Å². The number of fused-ring (bicyclic) bond motifs is 1. The lowest BCUT2D eigenvalue weighted by atomic mass is 10.2. The maximum absolute atomic E-state index is 12.7. The molecule has 1 amide bonds. The van der Waals surface area contributed by atoms with Crippen molar-refractivity contribution in [3.05, 3.63) is 56.1 Å². The van der Waals surface area contributed by atoms with Crippen molar-refractivity contribution in [3.8, 4) is 0 Å². The third-order valence-electron chi connectivity index (χ3n) is 3.85. The number of hydrogen-bond donors (Lipinski definition) is 1. The second kappa shape index (κ2) is 7.20. The fourth-order valence-corrected chi connectivity index (χ4v) is 2.74. The van der Waals surface area contributed by atoms with Crippen LogP contribution in [0.4, 0.5) is 11.6 Å². The summed E-state index contributed by atoms with van der Waals surface area (Å²) in [6.45, 7) is -0.303. The molecule has 0 unspecified atom stereocenters. The summed E-state index contributed by atoms with van der Waals surface area (Å²) >= 11 is 6.04. The van der Waals surface area contributed by atoms with Crippen LogP contribution in [-0.2, 0) is 18.4 Å². The molecule has 0 aliphatic rings. The minimum absolute atomic E-state index is 0.204. The summed E-state index contributed by atoms with van der Waals surface area (Å²) in [5, 5.41) is 12.3. The van der Waals surface area contributed by atoms with Crippen molar-refractivity contribution in [2.45, 2.75) is 6.54 Å². The summed E-state index contributed by atoms with van der Waals surface area (Å²) < 4.78 is 2.19. The van der Waals surface area contributed by atoms with Crippen molar-refractivity contribution in [1.29, 1.82) is 0 Å². The number of hydrogen-bond acceptors (Lipinski definition) is 6. The average Bonchev–Trinajstić information content (AvgIpc) is 2.60. The first-order chi connectivity index (χ1) is 12.8. The summed E-state index contributed by atoms with van der Waals surface area (Å²) in [7, 11) is 5.04. The molecule has 0 fully saturated rings. The van der Waals surface area contributed by atoms with Crippen molar-refractivity contribution in [1.82, 2.24) is 19.6 Å². The van der Waals surface area contributed by atoms with Crippen molar-refractivity contribution >= 4 is 39.9 Å². The van der Waals surface area contributed by atoms with Gasteiger partial charge in [-0.1, -0.05) is 11.6 Å². The second-order valence-electron chi connectivity index (χ2n) is 6.10. The number of nitrogens with zero attached hydrogens (tertiary/aromatic N) is 5. The molecule has 10 heteroatoms. The van der Waals surface area contributed by atoms with Crippen LogP contribution in [0.5, 0.6) is 0 Å². The largest absolute Gasteiger partial charge is 0.361 e. The minimum atomic E-state index is -0.492. The summed E-state index contributed by atoms with van der Waals surface area (Å²) in [6, 6.07) is 7.57. The molecule has 2 heterocycles. The Bertz CT molecular complexity index is 1150. The highest BCUT2D eigenvalue weighted by Gasteiger charge is 2.15. The Balaban J connectivity index is 1.96. The molecule has 0 saturated heterocycles. The number of nitrogens with one attached hydrogen (secondary N) is 1. The lowest BCUT2D eigenvalue weighted by molar-refractivity contribution is -0.117. The molecule has 9 nitrogen and oxygen atoms in total. The van der Waals surface area contributed by atoms with Crippen LogP contribution in [0, 0.1) is 0 Å². The lowest BCUT2D eigenvalue weighted by Crippen LogP contribution is -2.32. The smallest absolute Gasteiger partial charge is 0.275 e. The predicted molar refractivity (Wildman–Crippen MR) is 103 cm³/mol. The molecule has 0 spiro atoms. The molecular formula is C17H17ClN6O3. The number of carbonyl (C=O) groups is 1. The van der Waals surface area contributed by atoms with Crippen molar-refractivity contribution < 1.29 is 4.79 Å². The van der Waals surface area contributed by atoms with Crippen molar-refractivity contribution in [3.63, 3.8) is 0 Å². The molecule has 0 aliphatic carbocycles. The van der Waals surface area contributed by atoms with Gasteiger partial charge in [-0.3, -0.25) is 14.4 Å². The van der Waals surface area contributed by atoms with Gasteiger partial charge in [-0.2, -0.15) is 10.2 Å². The van der Waals surface area contributed by atoms with E-state index in [1.54, 1.807) is 37.2 Å². The van der Waals surface area contributed by atoms with Gasteiger partial charge in [0.1, 0.15) is 6.54 Å². The molecule has 27 heavy (non-hydrogen) atoms. The van der Waals surface area contributed by atoms with Gasteiger partial charge in [-0.15, -0.1) is 0 Å². The fraction of sp³-hybridized carbons (Fsp3) is 0.235. The molecule has 0 saturated carbocycles. The topological polar surface area (TPSA) is 102 Å². The average molecular weight is 389 g/mol. The van der Waals surface area contributed by atoms with Crippen LogP contribution in [0.1, 0.15) is 0 Å². The molecule has 0 aliphatic heterocycles. The maximum atomic E-state index is 12.7. The molecule has 0 bridgehead atoms. The zero-order chi connectivity index (χ0) is 19.7. The number of rotatable bonds is 4. The molecule has 3 rings (SSSR count). The van der Waals surface area contributed by atoms with Gasteiger partial charge in [-0.05, 0) is 24.3 Å². The molecule has 0 radical (unpaired) electrons. The highest BCUT2D eigenvalue weighted by molar-refractivity contribution is 6.31. The number of carbonyl (C=O) groups excluding carboxylic acids is 1. The van der Waals surface area contributed by atoms with E-state index in [4.69, 9.17) is 11.6 Å². The summed E-state index contributed by atoms with van der Waals surface area (Å²) in [6.07, 6.45) is 0. The third-order valence-corrected chi connectivity index (χ3v) is 4.08. The second-order valence-corrected chi connectivity index (χ2v) is 6.54. The highest BCUT2D eigenvalue weighted by Crippen LogP contribution is 2.23. The molecule has 1 N–H and O–H groups in total. The summed E-state index contributed by atoms with van der Waals surface area (Å²) in [5.74, 6) is 0.226. The quantitative estimate of drug-likeness (QED) is 0.710. The molecule has 0 atom stereocenters. The van der Waals surface area contributed by atoms with Crippen LogP contribution in [-0.4, -0.2) is 39.6 Å². The van der Waals surface area contributed by atoms with Gasteiger partial charge in [-0.25, -0.2) is 9.36 Å². The summed E-state index contributed by atoms with van der Waals surface area (Å²) in [5.41, 5.74) is -0.703. The Morgan fingerprint density at radius 3 is 2.56 bits per heavy atom. The first-order valence-electron chi connectivity index (χ1n) is 7.98. The normalized spacial score (nSPS) is 10.8. The van der Waals surface area contributed by atoms with Gasteiger partial charge in [0.05, 0.1) is 5.39 Å². The summed E-state index contributed by atoms with van der Waals surface area (Å²) in [4.78, 5) is 38.1. The van der Waals surface area contributed by atoms with E-state index in [1.807, 2.05) is 0 Å². The van der Waals surface area contributed by atoms with Gasteiger partial charge in [0.2, 0.25) is 5.91 Å². The monoisotopic (exact) mass is 388 g/mol. The van der Waals surface area contributed by atoms with Gasteiger partial charge in [0.25, 0.3) is 11.1 Å². The number of halogens is 1. The molecule has 3 aromatic rings. The highest BCUT2D eigenvalue weighted by atomic mass is 35.5. The van der Waals surface area contributed by atoms with E-state index in [-0.39, 0.29) is 17.9 Å². The standard InChI is InChI=1S/C17H17ClN6O3/c1-22(2)16-12-8-10(18)4-5-11(12)17(27)24(21-16)9-14(25)19-13-6-7-15(26)23(3)20-13/h4-8H,9H2,1-3H3,(H,19,20,25). The van der Waals surface area contributed by atoms with Crippen LogP contribution in [0.25, 0.3) is 10.8 Å². The number of amides is 1. The van der Waals surface area contributed by atoms with E-state index in [2.05, 4.69) is 15.5 Å². The van der Waals surface area contributed by atoms with Crippen molar-refractivity contribution in [2.24, 2.45) is 7.05 Å². The Morgan fingerprint density at radius 1 is 1.15 bits per heavy atom. The van der Waals surface area contributed by atoms with E-state index in [0.717, 1.165) is 9.36 Å². The third kappa shape index (κ3) is 3.82. The zero-order valence-corrected chi connectivity index (χ0v) is 15.7. The van der Waals surface area contributed by atoms with E-state index in [1.165, 1.54) is 19.2 Å². The Kier molecular flexibility index (Phi) is 4.95. The lowest BCUT2D eigenvalue weighted by Gasteiger charge is -2.16. The fourth-order valence-electron chi connectivity index (χ4n) is 2.57. The SMILES string of the molecule is CN(C)c1nn(CC(=O)Nc2ccc(=O)n(C)n2)c(=O)c2ccc(Cl)cc12. The van der Waals surface area contributed by atoms with Gasteiger partial charge in [0.15, 0.2) is 11.6 Å². The molecule has 140 valence electrons. The van der Waals surface area contributed by atoms with Crippen LogP contribution in [0.3, 0.4) is 0 Å². The van der Waals surface area contributed by atoms with E-state index in [9.17, 15) is 14.4 Å². The predicted octanol–water partition coefficient (Wildman–Crippen LogP) is 0.848. The first-order valence-corrected chi connectivity index (χ1v) is 8.36. The molecule has 1 aromatic carbocycles. The maximum Gasteiger partial charge on any atom is 0.275 e. The Hall–Kier alpha value is -3.20. The van der Waals surface area contributed by atoms with Gasteiger partial charge >= 0.3 is 0 Å². The number of benzene rings is 1. The zero-order valence-electron chi connectivity index (χ0n) is 14.9. The minimum Gasteiger partial charge on any atom is -0.361 e. The molecule has 2 aromatic heterocycles. The number of aromatic nitrogens is 4. The first kappa shape index (κ1) is 18.6. The van der Waals surface area contributed by atoms with Gasteiger partial charge in [0, 0.05) is 37.6 Å². The van der Waals surface area contributed by atoms with Gasteiger partial charge < -0.3 is 10.2 Å². The Morgan fingerprint density at radius 2 is 1.89 bits per heavy atom. The van der Waals surface area contributed by atoms with Crippen LogP contribution in [0.15, 0.2) is 39.9 Å². The van der Waals surface area contributed by atoms with Crippen LogP contribution < -0.4 is 21.3 Å². The number of aryl methyl sites for hydroxylation is 1. The van der Waals surface area contributed by atoms with E-state index >= 15 is 0 Å². The van der Waals surface area contributed by atoms with Crippen LogP contribution >= 0.6 is 11.6 Å². The van der Waals surface area contributed by atoms with E-state index < -0.39 is 11.5 Å². The molecular weight excluding hydrogens is 372 g/mol.